The Morgan fingerprint density at radius 2 is 1.70 bits per heavy atom. The summed E-state index contributed by atoms with van der Waals surface area (Å²) in [4.78, 5) is 27.2. The van der Waals surface area contributed by atoms with Gasteiger partial charge in [0.15, 0.2) is 5.82 Å². The first-order valence-corrected chi connectivity index (χ1v) is 12.4. The fourth-order valence-corrected chi connectivity index (χ4v) is 5.11. The van der Waals surface area contributed by atoms with Crippen molar-refractivity contribution in [3.63, 3.8) is 0 Å². The molecule has 3 rings (SSSR count). The molecule has 0 spiro atoms. The number of hydrogen-bond donors (Lipinski definition) is 0. The molecule has 1 saturated heterocycles. The summed E-state index contributed by atoms with van der Waals surface area (Å²) < 4.78 is 0. The average molecular weight is 451 g/mol. The Balaban J connectivity index is 1.77. The van der Waals surface area contributed by atoms with Crippen LogP contribution in [0.1, 0.15) is 77.1 Å². The number of carbonyl (C=O) groups excluding carboxylic acids is 1. The van der Waals surface area contributed by atoms with Crippen LogP contribution in [0, 0.1) is 25.2 Å². The van der Waals surface area contributed by atoms with Crippen molar-refractivity contribution in [2.24, 2.45) is 11.3 Å². The molecule has 33 heavy (non-hydrogen) atoms. The van der Waals surface area contributed by atoms with Crippen molar-refractivity contribution >= 4 is 11.7 Å². The van der Waals surface area contributed by atoms with Crippen molar-refractivity contribution in [2.75, 3.05) is 31.1 Å². The highest BCUT2D eigenvalue weighted by molar-refractivity contribution is 5.76. The highest BCUT2D eigenvalue weighted by Crippen LogP contribution is 2.32. The lowest BCUT2D eigenvalue weighted by molar-refractivity contribution is -0.132. The molecule has 5 nitrogen and oxygen atoms in total. The van der Waals surface area contributed by atoms with E-state index in [1.807, 2.05) is 4.90 Å². The molecule has 1 atom stereocenters. The molecule has 0 unspecified atom stereocenters. The van der Waals surface area contributed by atoms with Crippen LogP contribution in [0.25, 0.3) is 11.4 Å². The first kappa shape index (κ1) is 25.2. The van der Waals surface area contributed by atoms with Gasteiger partial charge in [-0.3, -0.25) is 4.79 Å². The third-order valence-electron chi connectivity index (χ3n) is 6.39. The van der Waals surface area contributed by atoms with E-state index in [-0.39, 0.29) is 11.3 Å². The number of hydrogen-bond acceptors (Lipinski definition) is 4. The molecule has 0 aliphatic carbocycles. The van der Waals surface area contributed by atoms with Gasteiger partial charge in [-0.15, -0.1) is 0 Å². The number of carbonyl (C=O) groups is 1. The lowest BCUT2D eigenvalue weighted by Crippen LogP contribution is -2.49. The minimum absolute atomic E-state index is 0.255. The third-order valence-corrected chi connectivity index (χ3v) is 6.39. The van der Waals surface area contributed by atoms with Crippen LogP contribution in [0.15, 0.2) is 24.3 Å². The van der Waals surface area contributed by atoms with Gasteiger partial charge in [0.05, 0.1) is 0 Å². The smallest absolute Gasteiger partial charge is 0.222 e. The number of piperazine rings is 1. The Kier molecular flexibility index (Phi) is 7.81. The molecule has 180 valence electrons. The Bertz CT molecular complexity index is 968. The van der Waals surface area contributed by atoms with E-state index in [0.29, 0.717) is 18.3 Å². The van der Waals surface area contributed by atoms with E-state index in [9.17, 15) is 4.79 Å². The van der Waals surface area contributed by atoms with Gasteiger partial charge in [-0.05, 0) is 43.6 Å². The summed E-state index contributed by atoms with van der Waals surface area (Å²) in [6, 6.07) is 8.38. The minimum Gasteiger partial charge on any atom is -0.353 e. The van der Waals surface area contributed by atoms with Gasteiger partial charge in [0, 0.05) is 49.4 Å². The van der Waals surface area contributed by atoms with E-state index in [2.05, 4.69) is 84.6 Å². The molecule has 1 fully saturated rings. The zero-order valence-corrected chi connectivity index (χ0v) is 21.9. The van der Waals surface area contributed by atoms with Crippen molar-refractivity contribution in [1.82, 2.24) is 14.9 Å². The van der Waals surface area contributed by atoms with Gasteiger partial charge in [-0.25, -0.2) is 9.97 Å². The molecule has 1 aliphatic rings. The summed E-state index contributed by atoms with van der Waals surface area (Å²) in [5, 5.41) is 0. The Morgan fingerprint density at radius 1 is 1.03 bits per heavy atom. The van der Waals surface area contributed by atoms with Gasteiger partial charge in [0.25, 0.3) is 0 Å². The Hall–Kier alpha value is -2.43. The van der Waals surface area contributed by atoms with Crippen molar-refractivity contribution in [1.29, 1.82) is 0 Å². The van der Waals surface area contributed by atoms with Gasteiger partial charge in [-0.1, -0.05) is 65.3 Å². The molecule has 0 saturated carbocycles. The Morgan fingerprint density at radius 3 is 2.27 bits per heavy atom. The highest BCUT2D eigenvalue weighted by atomic mass is 16.2. The number of amides is 1. The topological polar surface area (TPSA) is 49.3 Å². The number of anilines is 1. The van der Waals surface area contributed by atoms with Crippen molar-refractivity contribution in [3.8, 4) is 11.4 Å². The van der Waals surface area contributed by atoms with Gasteiger partial charge >= 0.3 is 0 Å². The van der Waals surface area contributed by atoms with Gasteiger partial charge < -0.3 is 9.80 Å². The second kappa shape index (κ2) is 10.2. The van der Waals surface area contributed by atoms with E-state index in [1.165, 1.54) is 11.1 Å². The SMILES string of the molecule is Cc1cccc(-c2nc(C)c(C(C)C)c(N3CCN(C(=O)C[C@@H](C)CC(C)(C)C)CC3)n2)c1. The fraction of sp³-hybridized carbons (Fsp3) is 0.607. The highest BCUT2D eigenvalue weighted by Gasteiger charge is 2.27. The molecule has 0 radical (unpaired) electrons. The largest absolute Gasteiger partial charge is 0.353 e. The third kappa shape index (κ3) is 6.55. The normalized spacial score (nSPS) is 15.8. The lowest BCUT2D eigenvalue weighted by Gasteiger charge is -2.37. The van der Waals surface area contributed by atoms with E-state index < -0.39 is 0 Å². The van der Waals surface area contributed by atoms with Crippen molar-refractivity contribution in [2.45, 2.75) is 74.1 Å². The summed E-state index contributed by atoms with van der Waals surface area (Å²) in [6.07, 6.45) is 1.71. The van der Waals surface area contributed by atoms with Crippen LogP contribution >= 0.6 is 0 Å². The van der Waals surface area contributed by atoms with Crippen LogP contribution in [0.4, 0.5) is 5.82 Å². The predicted octanol–water partition coefficient (Wildman–Crippen LogP) is 5.99. The zero-order valence-electron chi connectivity index (χ0n) is 21.9. The lowest BCUT2D eigenvalue weighted by atomic mass is 9.84. The average Bonchev–Trinajstić information content (AvgIpc) is 2.71. The van der Waals surface area contributed by atoms with E-state index in [0.717, 1.165) is 55.5 Å². The summed E-state index contributed by atoms with van der Waals surface area (Å²) in [5.74, 6) is 2.84. The van der Waals surface area contributed by atoms with Crippen molar-refractivity contribution < 1.29 is 4.79 Å². The maximum Gasteiger partial charge on any atom is 0.222 e. The van der Waals surface area contributed by atoms with Crippen LogP contribution in [-0.4, -0.2) is 47.0 Å². The van der Waals surface area contributed by atoms with Crippen LogP contribution in [-0.2, 0) is 4.79 Å². The van der Waals surface area contributed by atoms with E-state index in [4.69, 9.17) is 9.97 Å². The quantitative estimate of drug-likeness (QED) is 0.542. The summed E-state index contributed by atoms with van der Waals surface area (Å²) in [6.45, 7) is 20.7. The van der Waals surface area contributed by atoms with Crippen LogP contribution in [0.2, 0.25) is 0 Å². The molecule has 2 heterocycles. The Labute approximate surface area is 200 Å². The first-order valence-electron chi connectivity index (χ1n) is 12.4. The minimum atomic E-state index is 0.255. The van der Waals surface area contributed by atoms with Gasteiger partial charge in [-0.2, -0.15) is 0 Å². The maximum absolute atomic E-state index is 12.9. The molecule has 0 bridgehead atoms. The first-order chi connectivity index (χ1) is 15.4. The fourth-order valence-electron chi connectivity index (χ4n) is 5.11. The van der Waals surface area contributed by atoms with Crippen LogP contribution in [0.5, 0.6) is 0 Å². The van der Waals surface area contributed by atoms with Crippen LogP contribution in [0.3, 0.4) is 0 Å². The molecule has 2 aromatic rings. The molecule has 1 aromatic carbocycles. The number of aromatic nitrogens is 2. The van der Waals surface area contributed by atoms with Gasteiger partial charge in [0.1, 0.15) is 5.82 Å². The molecular weight excluding hydrogens is 408 g/mol. The number of rotatable bonds is 6. The molecule has 1 amide bonds. The summed E-state index contributed by atoms with van der Waals surface area (Å²) in [7, 11) is 0. The van der Waals surface area contributed by atoms with E-state index >= 15 is 0 Å². The van der Waals surface area contributed by atoms with Crippen molar-refractivity contribution in [3.05, 3.63) is 41.1 Å². The molecule has 1 aromatic heterocycles. The predicted molar refractivity (Wildman–Crippen MR) is 138 cm³/mol. The van der Waals surface area contributed by atoms with Crippen LogP contribution < -0.4 is 4.90 Å². The monoisotopic (exact) mass is 450 g/mol. The van der Waals surface area contributed by atoms with E-state index in [1.54, 1.807) is 0 Å². The number of benzene rings is 1. The molecule has 1 aliphatic heterocycles. The number of aryl methyl sites for hydroxylation is 2. The molecule has 5 heteroatoms. The standard InChI is InChI=1S/C28H42N4O/c1-19(2)25-22(5)29-26(23-11-9-10-20(3)16-23)30-27(25)32-14-12-31(13-15-32)24(33)17-21(4)18-28(6,7)8/h9-11,16,19,21H,12-15,17-18H2,1-8H3/t21-/m1/s1. The maximum atomic E-state index is 12.9. The molecular formula is C28H42N4O. The summed E-state index contributed by atoms with van der Waals surface area (Å²) >= 11 is 0. The summed E-state index contributed by atoms with van der Waals surface area (Å²) in [5.41, 5.74) is 4.77. The second-order valence-corrected chi connectivity index (χ2v) is 11.3. The second-order valence-electron chi connectivity index (χ2n) is 11.3. The van der Waals surface area contributed by atoms with Gasteiger partial charge in [0.2, 0.25) is 5.91 Å². The molecule has 0 N–H and O–H groups in total. The zero-order chi connectivity index (χ0) is 24.3. The number of nitrogens with zero attached hydrogens (tertiary/aromatic N) is 4.